The maximum atomic E-state index is 12.7. The number of nitrogen functional groups attached to an aromatic ring is 1. The summed E-state index contributed by atoms with van der Waals surface area (Å²) in [4.78, 5) is 6.71. The number of hydrazine groups is 1. The molecule has 1 aliphatic rings. The van der Waals surface area contributed by atoms with Crippen LogP contribution >= 0.6 is 0 Å². The van der Waals surface area contributed by atoms with Crippen molar-refractivity contribution in [2.75, 3.05) is 37.6 Å². The van der Waals surface area contributed by atoms with Gasteiger partial charge in [-0.05, 0) is 0 Å². The summed E-state index contributed by atoms with van der Waals surface area (Å²) in [7, 11) is 1.53. The predicted octanol–water partition coefficient (Wildman–Crippen LogP) is 0.998. The molecule has 4 N–H and O–H groups in total. The van der Waals surface area contributed by atoms with E-state index in [0.29, 0.717) is 19.6 Å². The van der Waals surface area contributed by atoms with E-state index in [9.17, 15) is 13.2 Å². The van der Waals surface area contributed by atoms with Gasteiger partial charge >= 0.3 is 6.18 Å². The summed E-state index contributed by atoms with van der Waals surface area (Å²) >= 11 is 0. The Labute approximate surface area is 119 Å². The van der Waals surface area contributed by atoms with E-state index in [0.717, 1.165) is 0 Å². The van der Waals surface area contributed by atoms with Crippen LogP contribution in [-0.4, -0.2) is 42.4 Å². The third-order valence-corrected chi connectivity index (χ3v) is 3.22. The van der Waals surface area contributed by atoms with Crippen molar-refractivity contribution in [3.63, 3.8) is 0 Å². The van der Waals surface area contributed by atoms with Crippen molar-refractivity contribution in [2.24, 2.45) is 5.84 Å². The second kappa shape index (κ2) is 6.00. The van der Waals surface area contributed by atoms with Crippen molar-refractivity contribution in [1.82, 2.24) is 9.97 Å². The number of ether oxygens (including phenoxy) is 2. The molecule has 1 aliphatic heterocycles. The number of hydrogen-bond donors (Lipinski definition) is 3. The van der Waals surface area contributed by atoms with E-state index in [2.05, 4.69) is 20.7 Å². The third-order valence-electron chi connectivity index (χ3n) is 3.22. The van der Waals surface area contributed by atoms with Crippen LogP contribution in [0.25, 0.3) is 0 Å². The maximum Gasteiger partial charge on any atom is 0.451 e. The van der Waals surface area contributed by atoms with E-state index in [-0.39, 0.29) is 18.2 Å². The van der Waals surface area contributed by atoms with Crippen LogP contribution in [0.1, 0.15) is 12.2 Å². The zero-order chi connectivity index (χ0) is 15.5. The molecule has 0 bridgehead atoms. The van der Waals surface area contributed by atoms with Crippen molar-refractivity contribution < 1.29 is 22.6 Å². The highest BCUT2D eigenvalue weighted by atomic mass is 19.4. The number of halogens is 3. The topological polar surface area (TPSA) is 94.3 Å². The summed E-state index contributed by atoms with van der Waals surface area (Å²) in [5, 5.41) is 2.81. The summed E-state index contributed by atoms with van der Waals surface area (Å²) in [6.07, 6.45) is -4.01. The van der Waals surface area contributed by atoms with E-state index in [4.69, 9.17) is 15.3 Å². The van der Waals surface area contributed by atoms with Crippen LogP contribution in [0, 0.1) is 0 Å². The lowest BCUT2D eigenvalue weighted by Crippen LogP contribution is -2.39. The van der Waals surface area contributed by atoms with Gasteiger partial charge in [-0.2, -0.15) is 13.2 Å². The fraction of sp³-hybridized carbons (Fsp3) is 0.636. The number of anilines is 2. The van der Waals surface area contributed by atoms with Crippen LogP contribution in [-0.2, 0) is 15.7 Å². The molecule has 2 rings (SSSR count). The quantitative estimate of drug-likeness (QED) is 0.552. The smallest absolute Gasteiger partial charge is 0.378 e. The molecule has 10 heteroatoms. The zero-order valence-electron chi connectivity index (χ0n) is 11.3. The van der Waals surface area contributed by atoms with Gasteiger partial charge in [0.25, 0.3) is 0 Å². The Bertz CT molecular complexity index is 491. The lowest BCUT2D eigenvalue weighted by molar-refractivity contribution is -0.144. The summed E-state index contributed by atoms with van der Waals surface area (Å²) in [6.45, 7) is 1.18. The highest BCUT2D eigenvalue weighted by Crippen LogP contribution is 2.29. The second-order valence-electron chi connectivity index (χ2n) is 4.65. The molecule has 1 atom stereocenters. The molecular formula is C11H16F3N5O2. The van der Waals surface area contributed by atoms with Crippen LogP contribution in [0.4, 0.5) is 24.8 Å². The van der Waals surface area contributed by atoms with Crippen LogP contribution in [0.15, 0.2) is 6.07 Å². The number of nitrogens with zero attached hydrogens (tertiary/aromatic N) is 2. The minimum atomic E-state index is -4.65. The van der Waals surface area contributed by atoms with E-state index in [1.54, 1.807) is 0 Å². The van der Waals surface area contributed by atoms with Crippen LogP contribution in [0.2, 0.25) is 0 Å². The Morgan fingerprint density at radius 1 is 1.43 bits per heavy atom. The Balaban J connectivity index is 2.15. The molecule has 0 saturated carbocycles. The monoisotopic (exact) mass is 307 g/mol. The van der Waals surface area contributed by atoms with Crippen molar-refractivity contribution in [2.45, 2.75) is 18.2 Å². The number of nitrogens with one attached hydrogen (secondary N) is 2. The molecule has 21 heavy (non-hydrogen) atoms. The minimum absolute atomic E-state index is 0.00796. The normalized spacial score (nSPS) is 22.3. The van der Waals surface area contributed by atoms with Gasteiger partial charge in [0.15, 0.2) is 0 Å². The van der Waals surface area contributed by atoms with Crippen LogP contribution in [0.3, 0.4) is 0 Å². The standard InChI is InChI=1S/C11H16F3N5O2/c1-20-10(2-3-21-6-10)5-16-7-4-8(19-15)18-9(17-7)11(12,13)14/h4H,2-3,5-6,15H2,1H3,(H2,16,17,18,19). The number of rotatable bonds is 5. The van der Waals surface area contributed by atoms with Gasteiger partial charge in [0.2, 0.25) is 5.82 Å². The number of hydrogen-bond acceptors (Lipinski definition) is 7. The molecule has 1 aromatic rings. The molecule has 0 amide bonds. The molecule has 7 nitrogen and oxygen atoms in total. The van der Waals surface area contributed by atoms with Gasteiger partial charge in [-0.15, -0.1) is 0 Å². The van der Waals surface area contributed by atoms with Gasteiger partial charge in [-0.25, -0.2) is 15.8 Å². The van der Waals surface area contributed by atoms with Crippen molar-refractivity contribution >= 4 is 11.6 Å². The first-order chi connectivity index (χ1) is 9.88. The SMILES string of the molecule is COC1(CNc2cc(NN)nc(C(F)(F)F)n2)CCOC1. The van der Waals surface area contributed by atoms with E-state index in [1.807, 2.05) is 0 Å². The summed E-state index contributed by atoms with van der Waals surface area (Å²) in [5.74, 6) is 3.73. The van der Waals surface area contributed by atoms with E-state index >= 15 is 0 Å². The molecule has 0 aliphatic carbocycles. The van der Waals surface area contributed by atoms with Gasteiger partial charge in [-0.3, -0.25) is 0 Å². The Morgan fingerprint density at radius 3 is 2.67 bits per heavy atom. The predicted molar refractivity (Wildman–Crippen MR) is 68.5 cm³/mol. The van der Waals surface area contributed by atoms with Crippen LogP contribution < -0.4 is 16.6 Å². The maximum absolute atomic E-state index is 12.7. The molecular weight excluding hydrogens is 291 g/mol. The minimum Gasteiger partial charge on any atom is -0.378 e. The fourth-order valence-electron chi connectivity index (χ4n) is 1.95. The number of nitrogens with two attached hydrogens (primary N) is 1. The Morgan fingerprint density at radius 2 is 2.14 bits per heavy atom. The Kier molecular flexibility index (Phi) is 4.49. The second-order valence-corrected chi connectivity index (χ2v) is 4.65. The molecule has 0 spiro atoms. The lowest BCUT2D eigenvalue weighted by Gasteiger charge is -2.26. The molecule has 0 radical (unpaired) electrons. The van der Waals surface area contributed by atoms with Gasteiger partial charge in [0.1, 0.15) is 17.2 Å². The first-order valence-corrected chi connectivity index (χ1v) is 6.18. The molecule has 1 aromatic heterocycles. The zero-order valence-corrected chi connectivity index (χ0v) is 11.3. The van der Waals surface area contributed by atoms with Crippen molar-refractivity contribution in [1.29, 1.82) is 0 Å². The largest absolute Gasteiger partial charge is 0.451 e. The number of aromatic nitrogens is 2. The van der Waals surface area contributed by atoms with Gasteiger partial charge in [-0.1, -0.05) is 0 Å². The summed E-state index contributed by atoms with van der Waals surface area (Å²) in [6, 6.07) is 1.29. The molecule has 1 saturated heterocycles. The average Bonchev–Trinajstić information content (AvgIpc) is 2.93. The van der Waals surface area contributed by atoms with Crippen molar-refractivity contribution in [3.05, 3.63) is 11.9 Å². The first kappa shape index (κ1) is 15.7. The lowest BCUT2D eigenvalue weighted by atomic mass is 10.0. The molecule has 1 fully saturated rings. The Hall–Kier alpha value is -1.65. The third kappa shape index (κ3) is 3.71. The van der Waals surface area contributed by atoms with Gasteiger partial charge in [0, 0.05) is 32.7 Å². The van der Waals surface area contributed by atoms with Gasteiger partial charge < -0.3 is 20.2 Å². The van der Waals surface area contributed by atoms with E-state index in [1.165, 1.54) is 13.2 Å². The summed E-state index contributed by atoms with van der Waals surface area (Å²) < 4.78 is 48.7. The highest BCUT2D eigenvalue weighted by Gasteiger charge is 2.37. The molecule has 2 heterocycles. The molecule has 0 aromatic carbocycles. The van der Waals surface area contributed by atoms with Crippen molar-refractivity contribution in [3.8, 4) is 0 Å². The fourth-order valence-corrected chi connectivity index (χ4v) is 1.95. The first-order valence-electron chi connectivity index (χ1n) is 6.18. The highest BCUT2D eigenvalue weighted by molar-refractivity contribution is 5.47. The van der Waals surface area contributed by atoms with Gasteiger partial charge in [0.05, 0.1) is 6.61 Å². The summed E-state index contributed by atoms with van der Waals surface area (Å²) in [5.41, 5.74) is 1.51. The number of alkyl halides is 3. The average molecular weight is 307 g/mol. The van der Waals surface area contributed by atoms with Crippen LogP contribution in [0.5, 0.6) is 0 Å². The number of methoxy groups -OCH3 is 1. The van der Waals surface area contributed by atoms with E-state index < -0.39 is 17.6 Å². The molecule has 1 unspecified atom stereocenters. The molecule has 118 valence electrons.